The number of alkyl halides is 3. The number of nitrogens with one attached hydrogen (secondary N) is 1. The number of rotatable bonds is 4. The molecule has 0 amide bonds. The summed E-state index contributed by atoms with van der Waals surface area (Å²) in [5.41, 5.74) is 0. The molecule has 0 aromatic carbocycles. The van der Waals surface area contributed by atoms with Crippen molar-refractivity contribution in [3.63, 3.8) is 0 Å². The third-order valence-corrected chi connectivity index (χ3v) is 2.40. The molecule has 0 radical (unpaired) electrons. The number of halogens is 3. The highest BCUT2D eigenvalue weighted by molar-refractivity contribution is 4.84. The topological polar surface area (TPSA) is 32.3 Å². The Bertz CT molecular complexity index is 171. The van der Waals surface area contributed by atoms with E-state index in [-0.39, 0.29) is 0 Å². The summed E-state index contributed by atoms with van der Waals surface area (Å²) in [7, 11) is 0. The fourth-order valence-electron chi connectivity index (χ4n) is 1.20. The number of hydrogen-bond donors (Lipinski definition) is 2. The number of aliphatic hydroxyl groups is 1. The van der Waals surface area contributed by atoms with Crippen molar-refractivity contribution in [2.45, 2.75) is 25.6 Å². The van der Waals surface area contributed by atoms with Crippen LogP contribution in [0.2, 0.25) is 0 Å². The van der Waals surface area contributed by atoms with Crippen LogP contribution in [0.4, 0.5) is 13.2 Å². The molecule has 0 saturated heterocycles. The van der Waals surface area contributed by atoms with Gasteiger partial charge in [0, 0.05) is 6.54 Å². The largest absolute Gasteiger partial charge is 0.415 e. The normalized spacial score (nSPS) is 30.2. The van der Waals surface area contributed by atoms with Crippen molar-refractivity contribution >= 4 is 0 Å². The van der Waals surface area contributed by atoms with E-state index in [2.05, 4.69) is 12.2 Å². The van der Waals surface area contributed by atoms with Crippen LogP contribution in [0.1, 0.15) is 13.3 Å². The van der Waals surface area contributed by atoms with E-state index in [4.69, 9.17) is 5.11 Å². The summed E-state index contributed by atoms with van der Waals surface area (Å²) in [5, 5.41) is 11.2. The van der Waals surface area contributed by atoms with E-state index in [1.165, 1.54) is 0 Å². The summed E-state index contributed by atoms with van der Waals surface area (Å²) in [5.74, 6) is 1.12. The molecule has 3 unspecified atom stereocenters. The average Bonchev–Trinajstić information content (AvgIpc) is 2.64. The highest BCUT2D eigenvalue weighted by atomic mass is 19.4. The van der Waals surface area contributed by atoms with Crippen LogP contribution in [0.3, 0.4) is 0 Å². The average molecular weight is 197 g/mol. The van der Waals surface area contributed by atoms with Gasteiger partial charge in [-0.05, 0) is 24.8 Å². The second-order valence-corrected chi connectivity index (χ2v) is 3.69. The lowest BCUT2D eigenvalue weighted by molar-refractivity contribution is -0.201. The van der Waals surface area contributed by atoms with E-state index in [1.807, 2.05) is 0 Å². The number of hydrogen-bond acceptors (Lipinski definition) is 2. The fourth-order valence-corrected chi connectivity index (χ4v) is 1.20. The Morgan fingerprint density at radius 1 is 1.54 bits per heavy atom. The Kier molecular flexibility index (Phi) is 3.18. The Morgan fingerprint density at radius 3 is 2.46 bits per heavy atom. The van der Waals surface area contributed by atoms with Gasteiger partial charge in [-0.25, -0.2) is 0 Å². The van der Waals surface area contributed by atoms with Gasteiger partial charge in [0.1, 0.15) is 0 Å². The molecule has 1 fully saturated rings. The van der Waals surface area contributed by atoms with E-state index in [0.29, 0.717) is 18.4 Å². The second kappa shape index (κ2) is 3.84. The zero-order valence-electron chi connectivity index (χ0n) is 7.43. The van der Waals surface area contributed by atoms with E-state index in [1.54, 1.807) is 0 Å². The molecule has 78 valence electrons. The zero-order valence-corrected chi connectivity index (χ0v) is 7.43. The van der Waals surface area contributed by atoms with Gasteiger partial charge in [0.25, 0.3) is 0 Å². The standard InChI is InChI=1S/C8H14F3NO/c1-5-2-6(5)3-12-4-7(13)8(9,10)11/h5-7,12-13H,2-4H2,1H3. The molecular weight excluding hydrogens is 183 g/mol. The maximum Gasteiger partial charge on any atom is 0.415 e. The van der Waals surface area contributed by atoms with Crippen LogP contribution in [0.15, 0.2) is 0 Å². The molecule has 0 heterocycles. The van der Waals surface area contributed by atoms with Gasteiger partial charge in [-0.2, -0.15) is 13.2 Å². The maximum atomic E-state index is 11.8. The zero-order chi connectivity index (χ0) is 10.1. The van der Waals surface area contributed by atoms with Gasteiger partial charge in [0.2, 0.25) is 0 Å². The van der Waals surface area contributed by atoms with Crippen LogP contribution in [0, 0.1) is 11.8 Å². The maximum absolute atomic E-state index is 11.8. The van der Waals surface area contributed by atoms with Crippen LogP contribution < -0.4 is 5.32 Å². The SMILES string of the molecule is CC1CC1CNCC(O)C(F)(F)F. The summed E-state index contributed by atoms with van der Waals surface area (Å²) >= 11 is 0. The van der Waals surface area contributed by atoms with E-state index in [9.17, 15) is 13.2 Å². The minimum absolute atomic E-state index is 0.396. The van der Waals surface area contributed by atoms with Gasteiger partial charge < -0.3 is 10.4 Å². The summed E-state index contributed by atoms with van der Waals surface area (Å²) in [6, 6.07) is 0. The smallest absolute Gasteiger partial charge is 0.382 e. The van der Waals surface area contributed by atoms with E-state index < -0.39 is 18.8 Å². The first-order valence-electron chi connectivity index (χ1n) is 4.36. The van der Waals surface area contributed by atoms with E-state index >= 15 is 0 Å². The summed E-state index contributed by atoms with van der Waals surface area (Å²) < 4.78 is 35.3. The molecule has 5 heteroatoms. The Hall–Kier alpha value is -0.290. The highest BCUT2D eigenvalue weighted by Gasteiger charge is 2.38. The Balaban J connectivity index is 2.05. The molecule has 13 heavy (non-hydrogen) atoms. The minimum Gasteiger partial charge on any atom is -0.382 e. The summed E-state index contributed by atoms with van der Waals surface area (Å²) in [6.07, 6.45) is -5.65. The molecule has 0 aliphatic heterocycles. The molecule has 0 aromatic heterocycles. The minimum atomic E-state index is -4.50. The Morgan fingerprint density at radius 2 is 2.08 bits per heavy atom. The molecule has 1 aliphatic rings. The molecule has 1 saturated carbocycles. The summed E-state index contributed by atoms with van der Waals surface area (Å²) in [6.45, 7) is 2.24. The van der Waals surface area contributed by atoms with Crippen molar-refractivity contribution < 1.29 is 18.3 Å². The van der Waals surface area contributed by atoms with Crippen molar-refractivity contribution in [2.75, 3.05) is 13.1 Å². The number of aliphatic hydroxyl groups excluding tert-OH is 1. The molecule has 2 nitrogen and oxygen atoms in total. The molecule has 0 aromatic rings. The molecule has 1 rings (SSSR count). The first-order chi connectivity index (χ1) is 5.91. The molecule has 0 spiro atoms. The fraction of sp³-hybridized carbons (Fsp3) is 1.00. The molecule has 3 atom stereocenters. The van der Waals surface area contributed by atoms with Crippen LogP contribution in [0.5, 0.6) is 0 Å². The van der Waals surface area contributed by atoms with Crippen LogP contribution in [-0.4, -0.2) is 30.5 Å². The lowest BCUT2D eigenvalue weighted by Crippen LogP contribution is -2.39. The monoisotopic (exact) mass is 197 g/mol. The first kappa shape index (κ1) is 10.8. The molecule has 1 aliphatic carbocycles. The molecular formula is C8H14F3NO. The van der Waals surface area contributed by atoms with Crippen LogP contribution in [0.25, 0.3) is 0 Å². The Labute approximate surface area is 75.1 Å². The van der Waals surface area contributed by atoms with Crippen molar-refractivity contribution in [2.24, 2.45) is 11.8 Å². The van der Waals surface area contributed by atoms with Crippen LogP contribution >= 0.6 is 0 Å². The third-order valence-electron chi connectivity index (χ3n) is 2.40. The lowest BCUT2D eigenvalue weighted by Gasteiger charge is -2.14. The van der Waals surface area contributed by atoms with Crippen molar-refractivity contribution in [3.8, 4) is 0 Å². The first-order valence-corrected chi connectivity index (χ1v) is 4.36. The van der Waals surface area contributed by atoms with Crippen molar-refractivity contribution in [1.82, 2.24) is 5.32 Å². The van der Waals surface area contributed by atoms with Gasteiger partial charge in [0.05, 0.1) is 0 Å². The molecule has 0 bridgehead atoms. The van der Waals surface area contributed by atoms with Crippen LogP contribution in [-0.2, 0) is 0 Å². The highest BCUT2D eigenvalue weighted by Crippen LogP contribution is 2.36. The van der Waals surface area contributed by atoms with Gasteiger partial charge in [-0.1, -0.05) is 6.92 Å². The molecule has 2 N–H and O–H groups in total. The third kappa shape index (κ3) is 3.52. The van der Waals surface area contributed by atoms with Gasteiger partial charge in [0.15, 0.2) is 6.10 Å². The van der Waals surface area contributed by atoms with Gasteiger partial charge in [-0.15, -0.1) is 0 Å². The van der Waals surface area contributed by atoms with E-state index in [0.717, 1.165) is 6.42 Å². The quantitative estimate of drug-likeness (QED) is 0.708. The predicted octanol–water partition coefficient (Wildman–Crippen LogP) is 1.16. The van der Waals surface area contributed by atoms with Crippen molar-refractivity contribution in [3.05, 3.63) is 0 Å². The second-order valence-electron chi connectivity index (χ2n) is 3.69. The van der Waals surface area contributed by atoms with Gasteiger partial charge in [-0.3, -0.25) is 0 Å². The summed E-state index contributed by atoms with van der Waals surface area (Å²) in [4.78, 5) is 0. The van der Waals surface area contributed by atoms with Crippen molar-refractivity contribution in [1.29, 1.82) is 0 Å². The predicted molar refractivity (Wildman–Crippen MR) is 42.2 cm³/mol. The lowest BCUT2D eigenvalue weighted by atomic mass is 10.3. The van der Waals surface area contributed by atoms with Gasteiger partial charge >= 0.3 is 6.18 Å².